The minimum absolute atomic E-state index is 0.0240. The number of hydrogen-bond donors (Lipinski definition) is 2. The van der Waals surface area contributed by atoms with E-state index in [0.29, 0.717) is 23.4 Å². The summed E-state index contributed by atoms with van der Waals surface area (Å²) in [5.74, 6) is -0.804. The number of nitrogens with zero attached hydrogens (tertiary/aromatic N) is 2. The molecule has 1 unspecified atom stereocenters. The lowest BCUT2D eigenvalue weighted by atomic mass is 10.1. The lowest BCUT2D eigenvalue weighted by molar-refractivity contribution is -0.384. The van der Waals surface area contributed by atoms with Crippen LogP contribution in [-0.4, -0.2) is 40.1 Å². The molecule has 0 saturated carbocycles. The van der Waals surface area contributed by atoms with Crippen molar-refractivity contribution < 1.29 is 29.1 Å². The number of nitro benzene ring substituents is 1. The smallest absolute Gasteiger partial charge is 0.306 e. The second-order valence-corrected chi connectivity index (χ2v) is 7.83. The van der Waals surface area contributed by atoms with E-state index in [1.165, 1.54) is 32.2 Å². The van der Waals surface area contributed by atoms with Gasteiger partial charge in [-0.05, 0) is 31.0 Å². The van der Waals surface area contributed by atoms with Crippen molar-refractivity contribution in [2.45, 2.75) is 25.9 Å². The van der Waals surface area contributed by atoms with Gasteiger partial charge in [-0.3, -0.25) is 25.0 Å². The van der Waals surface area contributed by atoms with E-state index < -0.39 is 22.9 Å². The zero-order valence-corrected chi connectivity index (χ0v) is 18.6. The predicted molar refractivity (Wildman–Crippen MR) is 121 cm³/mol. The molecule has 10 nitrogen and oxygen atoms in total. The van der Waals surface area contributed by atoms with Crippen molar-refractivity contribution in [3.8, 4) is 22.8 Å². The second-order valence-electron chi connectivity index (χ2n) is 6.97. The fourth-order valence-electron chi connectivity index (χ4n) is 2.90. The third-order valence-electron chi connectivity index (χ3n) is 4.63. The molecule has 172 valence electrons. The average molecular weight is 471 g/mol. The summed E-state index contributed by atoms with van der Waals surface area (Å²) in [6.45, 7) is 1.45. The van der Waals surface area contributed by atoms with Crippen molar-refractivity contribution in [1.29, 1.82) is 0 Å². The number of carbonyl (C=O) groups is 2. The molecule has 0 aliphatic heterocycles. The number of anilines is 1. The van der Waals surface area contributed by atoms with E-state index in [0.717, 1.165) is 16.9 Å². The van der Waals surface area contributed by atoms with Gasteiger partial charge in [0.1, 0.15) is 0 Å². The lowest BCUT2D eigenvalue weighted by Crippen LogP contribution is -2.30. The molecule has 0 bridgehead atoms. The number of phenolic OH excluding ortho intramolecular Hbond substituents is 1. The van der Waals surface area contributed by atoms with Crippen molar-refractivity contribution in [3.63, 3.8) is 0 Å². The molecule has 1 atom stereocenters. The Morgan fingerprint density at radius 1 is 1.27 bits per heavy atom. The van der Waals surface area contributed by atoms with Gasteiger partial charge in [0.15, 0.2) is 22.7 Å². The van der Waals surface area contributed by atoms with Crippen LogP contribution in [0.25, 0.3) is 11.3 Å². The van der Waals surface area contributed by atoms with E-state index in [4.69, 9.17) is 9.47 Å². The van der Waals surface area contributed by atoms with Gasteiger partial charge in [-0.1, -0.05) is 18.2 Å². The minimum atomic E-state index is -1.05. The van der Waals surface area contributed by atoms with Crippen LogP contribution in [0.2, 0.25) is 0 Å². The molecular formula is C22H21N3O7S. The highest BCUT2D eigenvalue weighted by molar-refractivity contribution is 7.14. The van der Waals surface area contributed by atoms with Crippen LogP contribution >= 0.6 is 11.3 Å². The van der Waals surface area contributed by atoms with E-state index in [2.05, 4.69) is 10.3 Å². The van der Waals surface area contributed by atoms with Gasteiger partial charge in [0.2, 0.25) is 0 Å². The van der Waals surface area contributed by atoms with Gasteiger partial charge in [0, 0.05) is 29.5 Å². The second kappa shape index (κ2) is 10.6. The number of esters is 1. The number of amides is 1. The molecule has 1 amide bonds. The molecule has 3 rings (SSSR count). The molecule has 2 N–H and O–H groups in total. The molecule has 1 aromatic heterocycles. The first-order valence-electron chi connectivity index (χ1n) is 9.83. The highest BCUT2D eigenvalue weighted by atomic mass is 32.1. The number of aromatic hydroxyl groups is 1. The minimum Gasteiger partial charge on any atom is -0.504 e. The molecule has 0 radical (unpaired) electrons. The van der Waals surface area contributed by atoms with Crippen LogP contribution in [0.3, 0.4) is 0 Å². The highest BCUT2D eigenvalue weighted by Crippen LogP contribution is 2.28. The maximum absolute atomic E-state index is 12.4. The molecule has 2 aromatic carbocycles. The van der Waals surface area contributed by atoms with Crippen LogP contribution in [0.4, 0.5) is 10.8 Å². The van der Waals surface area contributed by atoms with Gasteiger partial charge < -0.3 is 14.6 Å². The standard InChI is InChI=1S/C22H21N3O7S/c1-13(32-20(27)9-7-14-6-8-19(31-2)18(26)10-14)21(28)24-22-23-17(12-33-22)15-4-3-5-16(11-15)25(29)30/h3-6,8,10-13,26H,7,9H2,1-2H3,(H,23,24,28). The number of nitro groups is 1. The molecule has 3 aromatic rings. The number of rotatable bonds is 9. The highest BCUT2D eigenvalue weighted by Gasteiger charge is 2.20. The van der Waals surface area contributed by atoms with E-state index in [9.17, 15) is 24.8 Å². The average Bonchev–Trinajstić information content (AvgIpc) is 3.26. The van der Waals surface area contributed by atoms with E-state index in [1.54, 1.807) is 29.6 Å². The molecule has 1 heterocycles. The Balaban J connectivity index is 1.52. The van der Waals surface area contributed by atoms with Gasteiger partial charge in [0.25, 0.3) is 11.6 Å². The Hall–Kier alpha value is -3.99. The predicted octanol–water partition coefficient (Wildman–Crippen LogP) is 3.94. The maximum Gasteiger partial charge on any atom is 0.306 e. The van der Waals surface area contributed by atoms with Crippen LogP contribution in [0.1, 0.15) is 18.9 Å². The molecule has 0 aliphatic carbocycles. The Bertz CT molecular complexity index is 1180. The maximum atomic E-state index is 12.4. The lowest BCUT2D eigenvalue weighted by Gasteiger charge is -2.12. The third-order valence-corrected chi connectivity index (χ3v) is 5.38. The van der Waals surface area contributed by atoms with Gasteiger partial charge in [0.05, 0.1) is 17.7 Å². The van der Waals surface area contributed by atoms with Gasteiger partial charge in [-0.15, -0.1) is 11.3 Å². The number of benzene rings is 2. The number of nitrogens with one attached hydrogen (secondary N) is 1. The summed E-state index contributed by atoms with van der Waals surface area (Å²) < 4.78 is 10.2. The first-order valence-corrected chi connectivity index (χ1v) is 10.7. The summed E-state index contributed by atoms with van der Waals surface area (Å²) in [5.41, 5.74) is 1.69. The van der Waals surface area contributed by atoms with Crippen molar-refractivity contribution in [3.05, 3.63) is 63.5 Å². The first-order chi connectivity index (χ1) is 15.8. The molecule has 33 heavy (non-hydrogen) atoms. The molecular weight excluding hydrogens is 450 g/mol. The summed E-state index contributed by atoms with van der Waals surface area (Å²) in [4.78, 5) is 39.2. The van der Waals surface area contributed by atoms with E-state index in [1.807, 2.05) is 0 Å². The fourth-order valence-corrected chi connectivity index (χ4v) is 3.62. The molecule has 0 fully saturated rings. The van der Waals surface area contributed by atoms with Crippen molar-refractivity contribution in [2.75, 3.05) is 12.4 Å². The van der Waals surface area contributed by atoms with Crippen molar-refractivity contribution >= 4 is 34.0 Å². The Morgan fingerprint density at radius 2 is 2.06 bits per heavy atom. The van der Waals surface area contributed by atoms with E-state index in [-0.39, 0.29) is 23.0 Å². The topological polar surface area (TPSA) is 141 Å². The Labute approximate surface area is 193 Å². The van der Waals surface area contributed by atoms with Crippen molar-refractivity contribution in [1.82, 2.24) is 4.98 Å². The van der Waals surface area contributed by atoms with Crippen LogP contribution in [0.15, 0.2) is 47.8 Å². The van der Waals surface area contributed by atoms with Crippen LogP contribution in [-0.2, 0) is 20.7 Å². The van der Waals surface area contributed by atoms with E-state index >= 15 is 0 Å². The number of methoxy groups -OCH3 is 1. The largest absolute Gasteiger partial charge is 0.504 e. The van der Waals surface area contributed by atoms with Gasteiger partial charge in [-0.25, -0.2) is 4.98 Å². The first kappa shape index (κ1) is 23.7. The summed E-state index contributed by atoms with van der Waals surface area (Å²) >= 11 is 1.15. The number of phenols is 1. The van der Waals surface area contributed by atoms with Crippen LogP contribution < -0.4 is 10.1 Å². The summed E-state index contributed by atoms with van der Waals surface area (Å²) in [6.07, 6.45) is -0.701. The normalized spacial score (nSPS) is 11.5. The van der Waals surface area contributed by atoms with Crippen molar-refractivity contribution in [2.24, 2.45) is 0 Å². The molecule has 0 saturated heterocycles. The van der Waals surface area contributed by atoms with Crippen LogP contribution in [0.5, 0.6) is 11.5 Å². The Kier molecular flexibility index (Phi) is 7.57. The number of non-ortho nitro benzene ring substituents is 1. The quantitative estimate of drug-likeness (QED) is 0.272. The third kappa shape index (κ3) is 6.26. The monoisotopic (exact) mass is 471 g/mol. The summed E-state index contributed by atoms with van der Waals surface area (Å²) in [5, 5.41) is 25.3. The fraction of sp³-hybridized carbons (Fsp3) is 0.227. The molecule has 0 spiro atoms. The van der Waals surface area contributed by atoms with Crippen LogP contribution in [0, 0.1) is 10.1 Å². The molecule has 0 aliphatic rings. The number of thiazole rings is 1. The number of carbonyl (C=O) groups excluding carboxylic acids is 2. The van der Waals surface area contributed by atoms with Gasteiger partial charge in [-0.2, -0.15) is 0 Å². The zero-order valence-electron chi connectivity index (χ0n) is 17.8. The number of aromatic nitrogens is 1. The number of aryl methyl sites for hydroxylation is 1. The molecule has 11 heteroatoms. The summed E-state index contributed by atoms with van der Waals surface area (Å²) in [7, 11) is 1.44. The summed E-state index contributed by atoms with van der Waals surface area (Å²) in [6, 6.07) is 10.8. The number of hydrogen-bond acceptors (Lipinski definition) is 9. The number of ether oxygens (including phenoxy) is 2. The Morgan fingerprint density at radius 3 is 2.76 bits per heavy atom. The SMILES string of the molecule is COc1ccc(CCC(=O)OC(C)C(=O)Nc2nc(-c3cccc([N+](=O)[O-])c3)cs2)cc1O. The van der Waals surface area contributed by atoms with Gasteiger partial charge >= 0.3 is 5.97 Å². The zero-order chi connectivity index (χ0) is 24.0.